The first-order valence-corrected chi connectivity index (χ1v) is 11.1. The van der Waals surface area contributed by atoms with E-state index >= 15 is 0 Å². The van der Waals surface area contributed by atoms with Crippen LogP contribution < -0.4 is 5.32 Å². The number of amides is 1. The van der Waals surface area contributed by atoms with Gasteiger partial charge in [-0.25, -0.2) is 0 Å². The number of nitrogens with one attached hydrogen (secondary N) is 1. The van der Waals surface area contributed by atoms with Crippen molar-refractivity contribution < 1.29 is 14.1 Å². The van der Waals surface area contributed by atoms with E-state index in [2.05, 4.69) is 15.4 Å². The summed E-state index contributed by atoms with van der Waals surface area (Å²) in [4.78, 5) is 16.4. The number of nitrogens with zero attached hydrogens (tertiary/aromatic N) is 2. The minimum Gasteiger partial charge on any atom is -0.378 e. The van der Waals surface area contributed by atoms with Gasteiger partial charge in [0.05, 0.1) is 17.4 Å². The van der Waals surface area contributed by atoms with Gasteiger partial charge in [-0.15, -0.1) is 11.3 Å². The minimum atomic E-state index is 0.0625. The van der Waals surface area contributed by atoms with Gasteiger partial charge < -0.3 is 14.6 Å². The van der Waals surface area contributed by atoms with Gasteiger partial charge in [-0.05, 0) is 51.5 Å². The maximum absolute atomic E-state index is 12.7. The van der Waals surface area contributed by atoms with Gasteiger partial charge in [-0.3, -0.25) is 9.69 Å². The Balaban J connectivity index is 1.32. The average molecular weight is 404 g/mol. The van der Waals surface area contributed by atoms with Crippen molar-refractivity contribution in [3.63, 3.8) is 0 Å². The van der Waals surface area contributed by atoms with Crippen LogP contribution in [0.25, 0.3) is 0 Å². The molecule has 28 heavy (non-hydrogen) atoms. The summed E-state index contributed by atoms with van der Waals surface area (Å²) in [6.07, 6.45) is 5.64. The van der Waals surface area contributed by atoms with Gasteiger partial charge in [0, 0.05) is 48.6 Å². The summed E-state index contributed by atoms with van der Waals surface area (Å²) < 4.78 is 11.0. The Labute approximate surface area is 170 Å². The number of carbonyl (C=O) groups excluding carboxylic acids is 1. The number of thiophene rings is 1. The Bertz CT molecular complexity index is 803. The molecule has 4 rings (SSSR count). The molecule has 1 amide bonds. The molecule has 0 aromatic carbocycles. The number of fused-ring (bicyclic) bond motifs is 1. The van der Waals surface area contributed by atoms with Gasteiger partial charge in [0.1, 0.15) is 5.76 Å². The van der Waals surface area contributed by atoms with Crippen LogP contribution in [0.2, 0.25) is 0 Å². The van der Waals surface area contributed by atoms with E-state index in [0.29, 0.717) is 12.6 Å². The zero-order valence-corrected chi connectivity index (χ0v) is 17.6. The Hall–Kier alpha value is -1.70. The van der Waals surface area contributed by atoms with Gasteiger partial charge >= 0.3 is 0 Å². The van der Waals surface area contributed by atoms with E-state index in [1.807, 2.05) is 19.2 Å². The Kier molecular flexibility index (Phi) is 6.13. The highest BCUT2D eigenvalue weighted by Gasteiger charge is 2.25. The molecule has 2 aliphatic heterocycles. The van der Waals surface area contributed by atoms with Crippen molar-refractivity contribution in [3.05, 3.63) is 38.4 Å². The van der Waals surface area contributed by atoms with Gasteiger partial charge in [0.15, 0.2) is 0 Å². The van der Waals surface area contributed by atoms with Crippen molar-refractivity contribution in [3.8, 4) is 0 Å². The maximum Gasteiger partial charge on any atom is 0.252 e. The van der Waals surface area contributed by atoms with E-state index in [9.17, 15) is 4.79 Å². The monoisotopic (exact) mass is 403 g/mol. The van der Waals surface area contributed by atoms with E-state index in [0.717, 1.165) is 68.9 Å². The molecule has 6 nitrogen and oxygen atoms in total. The first-order valence-electron chi connectivity index (χ1n) is 10.2. The Morgan fingerprint density at radius 2 is 2.29 bits per heavy atom. The van der Waals surface area contributed by atoms with E-state index in [4.69, 9.17) is 9.26 Å². The molecule has 2 aromatic rings. The lowest BCUT2D eigenvalue weighted by molar-refractivity contribution is 0.0117. The summed E-state index contributed by atoms with van der Waals surface area (Å²) in [7, 11) is 0. The number of hydrogen-bond donors (Lipinski definition) is 1. The second-order valence-corrected chi connectivity index (χ2v) is 8.81. The lowest BCUT2D eigenvalue weighted by atomic mass is 10.0. The standard InChI is InChI=1S/C21H29N3O3S/c1-14-18(15(2)27-23-14)11-24-9-7-17-19(13-28-20(17)12-24)21(25)22-8-6-16-5-3-4-10-26-16/h13,16H,3-12H2,1-2H3,(H,22,25)/t16-/m1/s1. The van der Waals surface area contributed by atoms with E-state index in [1.165, 1.54) is 22.4 Å². The van der Waals surface area contributed by atoms with Crippen LogP contribution in [0, 0.1) is 13.8 Å². The van der Waals surface area contributed by atoms with Crippen molar-refractivity contribution in [2.24, 2.45) is 0 Å². The molecule has 1 fully saturated rings. The highest BCUT2D eigenvalue weighted by molar-refractivity contribution is 7.10. The van der Waals surface area contributed by atoms with Crippen LogP contribution >= 0.6 is 11.3 Å². The largest absolute Gasteiger partial charge is 0.378 e. The molecular weight excluding hydrogens is 374 g/mol. The highest BCUT2D eigenvalue weighted by atomic mass is 32.1. The van der Waals surface area contributed by atoms with E-state index in [-0.39, 0.29) is 5.91 Å². The molecule has 2 aromatic heterocycles. The molecule has 1 N–H and O–H groups in total. The van der Waals surface area contributed by atoms with Crippen LogP contribution in [0.3, 0.4) is 0 Å². The summed E-state index contributed by atoms with van der Waals surface area (Å²) in [5, 5.41) is 9.18. The predicted octanol–water partition coefficient (Wildman–Crippen LogP) is 3.60. The third kappa shape index (κ3) is 4.31. The molecule has 1 atom stereocenters. The van der Waals surface area contributed by atoms with Gasteiger partial charge in [0.2, 0.25) is 0 Å². The second kappa shape index (κ2) is 8.76. The summed E-state index contributed by atoms with van der Waals surface area (Å²) in [5.74, 6) is 0.962. The molecule has 0 saturated carbocycles. The van der Waals surface area contributed by atoms with Crippen molar-refractivity contribution >= 4 is 17.2 Å². The third-order valence-corrected chi connectivity index (χ3v) is 6.87. The van der Waals surface area contributed by atoms with Crippen LogP contribution in [-0.4, -0.2) is 41.8 Å². The van der Waals surface area contributed by atoms with Crippen molar-refractivity contribution in [1.82, 2.24) is 15.4 Å². The molecule has 0 radical (unpaired) electrons. The molecule has 0 aliphatic carbocycles. The summed E-state index contributed by atoms with van der Waals surface area (Å²) in [5.41, 5.74) is 4.24. The molecule has 152 valence electrons. The quantitative estimate of drug-likeness (QED) is 0.798. The fourth-order valence-electron chi connectivity index (χ4n) is 4.14. The summed E-state index contributed by atoms with van der Waals surface area (Å²) >= 11 is 1.70. The van der Waals surface area contributed by atoms with Crippen molar-refractivity contribution in [2.45, 2.75) is 65.1 Å². The van der Waals surface area contributed by atoms with Crippen LogP contribution in [0.1, 0.15) is 63.5 Å². The third-order valence-electron chi connectivity index (χ3n) is 5.86. The fourth-order valence-corrected chi connectivity index (χ4v) is 5.26. The molecular formula is C21H29N3O3S. The zero-order chi connectivity index (χ0) is 19.5. The van der Waals surface area contributed by atoms with Gasteiger partial charge in [0.25, 0.3) is 5.91 Å². The normalized spacial score (nSPS) is 20.1. The maximum atomic E-state index is 12.7. The summed E-state index contributed by atoms with van der Waals surface area (Å²) in [6, 6.07) is 0. The number of hydrogen-bond acceptors (Lipinski definition) is 6. The Morgan fingerprint density at radius 3 is 3.04 bits per heavy atom. The molecule has 2 aliphatic rings. The van der Waals surface area contributed by atoms with E-state index in [1.54, 1.807) is 11.3 Å². The average Bonchev–Trinajstić information content (AvgIpc) is 3.27. The van der Waals surface area contributed by atoms with Crippen LogP contribution in [0.5, 0.6) is 0 Å². The minimum absolute atomic E-state index is 0.0625. The molecule has 4 heterocycles. The van der Waals surface area contributed by atoms with Gasteiger partial charge in [-0.1, -0.05) is 5.16 Å². The molecule has 7 heteroatoms. The van der Waals surface area contributed by atoms with Crippen LogP contribution in [0.4, 0.5) is 0 Å². The SMILES string of the molecule is Cc1noc(C)c1CN1CCc2c(C(=O)NCC[C@H]3CCCCO3)csc2C1. The molecule has 0 bridgehead atoms. The Morgan fingerprint density at radius 1 is 1.39 bits per heavy atom. The lowest BCUT2D eigenvalue weighted by Crippen LogP contribution is -2.32. The van der Waals surface area contributed by atoms with Crippen molar-refractivity contribution in [1.29, 1.82) is 0 Å². The zero-order valence-electron chi connectivity index (χ0n) is 16.8. The molecule has 0 unspecified atom stereocenters. The second-order valence-electron chi connectivity index (χ2n) is 7.85. The molecule has 0 spiro atoms. The first-order chi connectivity index (χ1) is 13.6. The van der Waals surface area contributed by atoms with Crippen LogP contribution in [0.15, 0.2) is 9.90 Å². The smallest absolute Gasteiger partial charge is 0.252 e. The summed E-state index contributed by atoms with van der Waals surface area (Å²) in [6.45, 7) is 8.19. The number of aromatic nitrogens is 1. The van der Waals surface area contributed by atoms with Gasteiger partial charge in [-0.2, -0.15) is 0 Å². The van der Waals surface area contributed by atoms with Crippen molar-refractivity contribution in [2.75, 3.05) is 19.7 Å². The number of aryl methyl sites for hydroxylation is 2. The number of ether oxygens (including phenoxy) is 1. The van der Waals surface area contributed by atoms with E-state index < -0.39 is 0 Å². The highest BCUT2D eigenvalue weighted by Crippen LogP contribution is 2.30. The first kappa shape index (κ1) is 19.6. The number of rotatable bonds is 6. The topological polar surface area (TPSA) is 67.6 Å². The lowest BCUT2D eigenvalue weighted by Gasteiger charge is -2.27. The van der Waals surface area contributed by atoms with Crippen LogP contribution in [-0.2, 0) is 24.2 Å². The fraction of sp³-hybridized carbons (Fsp3) is 0.619. The predicted molar refractivity (Wildman–Crippen MR) is 109 cm³/mol. The number of carbonyl (C=O) groups is 1. The molecule has 1 saturated heterocycles.